The van der Waals surface area contributed by atoms with Gasteiger partial charge in [0.2, 0.25) is 0 Å². The van der Waals surface area contributed by atoms with E-state index in [0.717, 1.165) is 13.2 Å². The van der Waals surface area contributed by atoms with Crippen molar-refractivity contribution < 1.29 is 9.47 Å². The van der Waals surface area contributed by atoms with Gasteiger partial charge in [0.15, 0.2) is 0 Å². The van der Waals surface area contributed by atoms with Crippen LogP contribution in [-0.2, 0) is 9.47 Å². The van der Waals surface area contributed by atoms with E-state index in [4.69, 9.17) is 9.47 Å². The van der Waals surface area contributed by atoms with Crippen LogP contribution >= 0.6 is 0 Å². The minimum Gasteiger partial charge on any atom is -0.383 e. The van der Waals surface area contributed by atoms with E-state index >= 15 is 0 Å². The molecule has 2 atom stereocenters. The average molecular weight is 241 g/mol. The molecule has 3 heteroatoms. The zero-order valence-electron chi connectivity index (χ0n) is 11.8. The smallest absolute Gasteiger partial charge is 0.0657 e. The lowest BCUT2D eigenvalue weighted by Gasteiger charge is -2.37. The molecule has 17 heavy (non-hydrogen) atoms. The van der Waals surface area contributed by atoms with Crippen molar-refractivity contribution in [1.29, 1.82) is 0 Å². The quantitative estimate of drug-likeness (QED) is 0.754. The Labute approximate surface area is 105 Å². The summed E-state index contributed by atoms with van der Waals surface area (Å²) in [6, 6.07) is 0.617. The Morgan fingerprint density at radius 3 is 2.71 bits per heavy atom. The van der Waals surface area contributed by atoms with Gasteiger partial charge in [-0.1, -0.05) is 0 Å². The van der Waals surface area contributed by atoms with Crippen LogP contribution in [0.15, 0.2) is 0 Å². The third-order valence-corrected chi connectivity index (χ3v) is 4.17. The molecule has 2 aliphatic rings. The van der Waals surface area contributed by atoms with Gasteiger partial charge in [-0.3, -0.25) is 4.90 Å². The van der Waals surface area contributed by atoms with Gasteiger partial charge < -0.3 is 9.47 Å². The SMILES string of the molecule is COC[C@H]1CC[C@@]2(COC(C)(C)C)CCCN12. The fraction of sp³-hybridized carbons (Fsp3) is 1.00. The van der Waals surface area contributed by atoms with E-state index in [-0.39, 0.29) is 5.60 Å². The van der Waals surface area contributed by atoms with Crippen LogP contribution in [0.1, 0.15) is 46.5 Å². The van der Waals surface area contributed by atoms with Crippen LogP contribution in [0.4, 0.5) is 0 Å². The molecule has 0 aromatic heterocycles. The van der Waals surface area contributed by atoms with Crippen LogP contribution in [-0.4, -0.2) is 49.0 Å². The molecule has 0 spiro atoms. The maximum Gasteiger partial charge on any atom is 0.0657 e. The second-order valence-electron chi connectivity index (χ2n) is 6.57. The van der Waals surface area contributed by atoms with Crippen molar-refractivity contribution in [2.45, 2.75) is 63.6 Å². The highest BCUT2D eigenvalue weighted by atomic mass is 16.5. The van der Waals surface area contributed by atoms with Gasteiger partial charge in [0.25, 0.3) is 0 Å². The molecule has 0 aromatic rings. The summed E-state index contributed by atoms with van der Waals surface area (Å²) in [5.41, 5.74) is 0.291. The Morgan fingerprint density at radius 2 is 2.06 bits per heavy atom. The van der Waals surface area contributed by atoms with E-state index in [2.05, 4.69) is 25.7 Å². The summed E-state index contributed by atoms with van der Waals surface area (Å²) in [5, 5.41) is 0. The number of fused-ring (bicyclic) bond motifs is 1. The summed E-state index contributed by atoms with van der Waals surface area (Å²) in [6.45, 7) is 9.41. The summed E-state index contributed by atoms with van der Waals surface area (Å²) in [6.07, 6.45) is 5.15. The molecule has 2 heterocycles. The predicted octanol–water partition coefficient (Wildman–Crippen LogP) is 2.44. The monoisotopic (exact) mass is 241 g/mol. The Hall–Kier alpha value is -0.120. The van der Waals surface area contributed by atoms with Crippen LogP contribution in [0.2, 0.25) is 0 Å². The first-order valence-corrected chi connectivity index (χ1v) is 6.86. The van der Waals surface area contributed by atoms with E-state index in [1.165, 1.54) is 32.2 Å². The highest BCUT2D eigenvalue weighted by molar-refractivity contribution is 5.04. The van der Waals surface area contributed by atoms with Crippen molar-refractivity contribution in [1.82, 2.24) is 4.90 Å². The second-order valence-corrected chi connectivity index (χ2v) is 6.57. The number of hydrogen-bond acceptors (Lipinski definition) is 3. The lowest BCUT2D eigenvalue weighted by molar-refractivity contribution is -0.0597. The van der Waals surface area contributed by atoms with Crippen LogP contribution in [0.5, 0.6) is 0 Å². The van der Waals surface area contributed by atoms with Crippen molar-refractivity contribution >= 4 is 0 Å². The molecule has 0 amide bonds. The standard InChI is InChI=1S/C14H27NO2/c1-13(2,3)17-11-14-7-5-9-15(14)12(6-8-14)10-16-4/h12H,5-11H2,1-4H3/t12-,14-/m1/s1. The van der Waals surface area contributed by atoms with Crippen molar-refractivity contribution in [2.75, 3.05) is 26.9 Å². The minimum atomic E-state index is -0.0254. The Bertz CT molecular complexity index is 261. The van der Waals surface area contributed by atoms with Gasteiger partial charge in [0.05, 0.1) is 18.8 Å². The van der Waals surface area contributed by atoms with E-state index in [1.54, 1.807) is 0 Å². The van der Waals surface area contributed by atoms with Crippen LogP contribution < -0.4 is 0 Å². The average Bonchev–Trinajstić information content (AvgIpc) is 2.76. The lowest BCUT2D eigenvalue weighted by atomic mass is 9.95. The van der Waals surface area contributed by atoms with Crippen molar-refractivity contribution in [3.05, 3.63) is 0 Å². The molecule has 3 nitrogen and oxygen atoms in total. The van der Waals surface area contributed by atoms with Crippen molar-refractivity contribution in [2.24, 2.45) is 0 Å². The zero-order valence-corrected chi connectivity index (χ0v) is 11.8. The van der Waals surface area contributed by atoms with Crippen molar-refractivity contribution in [3.63, 3.8) is 0 Å². The highest BCUT2D eigenvalue weighted by Gasteiger charge is 2.49. The molecule has 0 aromatic carbocycles. The van der Waals surface area contributed by atoms with Crippen LogP contribution in [0, 0.1) is 0 Å². The molecule has 2 rings (SSSR count). The first-order valence-electron chi connectivity index (χ1n) is 6.86. The Balaban J connectivity index is 1.99. The maximum absolute atomic E-state index is 6.06. The topological polar surface area (TPSA) is 21.7 Å². The van der Waals surface area contributed by atoms with Gasteiger partial charge in [0.1, 0.15) is 0 Å². The largest absolute Gasteiger partial charge is 0.383 e. The van der Waals surface area contributed by atoms with Gasteiger partial charge in [0, 0.05) is 18.7 Å². The molecule has 0 aliphatic carbocycles. The summed E-state index contributed by atoms with van der Waals surface area (Å²) in [5.74, 6) is 0. The molecule has 0 bridgehead atoms. The number of nitrogens with zero attached hydrogens (tertiary/aromatic N) is 1. The van der Waals surface area contributed by atoms with E-state index in [1.807, 2.05) is 7.11 Å². The Morgan fingerprint density at radius 1 is 1.29 bits per heavy atom. The molecule has 2 aliphatic heterocycles. The molecule has 2 fully saturated rings. The predicted molar refractivity (Wildman–Crippen MR) is 69.3 cm³/mol. The molecular weight excluding hydrogens is 214 g/mol. The summed E-state index contributed by atoms with van der Waals surface area (Å²) < 4.78 is 11.4. The van der Waals surface area contributed by atoms with Gasteiger partial charge in [-0.15, -0.1) is 0 Å². The third kappa shape index (κ3) is 2.83. The molecule has 100 valence electrons. The first kappa shape index (κ1) is 13.3. The second kappa shape index (κ2) is 4.87. The third-order valence-electron chi connectivity index (χ3n) is 4.17. The van der Waals surface area contributed by atoms with E-state index in [9.17, 15) is 0 Å². The first-order chi connectivity index (χ1) is 7.97. The zero-order chi connectivity index (χ0) is 12.5. The minimum absolute atomic E-state index is 0.0254. The highest BCUT2D eigenvalue weighted by Crippen LogP contribution is 2.43. The fourth-order valence-electron chi connectivity index (χ4n) is 3.33. The van der Waals surface area contributed by atoms with Crippen LogP contribution in [0.25, 0.3) is 0 Å². The number of ether oxygens (including phenoxy) is 2. The molecule has 0 saturated carbocycles. The number of hydrogen-bond donors (Lipinski definition) is 0. The molecule has 0 radical (unpaired) electrons. The fourth-order valence-corrected chi connectivity index (χ4v) is 3.33. The van der Waals surface area contributed by atoms with Gasteiger partial charge in [-0.05, 0) is 53.0 Å². The Kier molecular flexibility index (Phi) is 3.81. The van der Waals surface area contributed by atoms with Gasteiger partial charge >= 0.3 is 0 Å². The van der Waals surface area contributed by atoms with Gasteiger partial charge in [-0.25, -0.2) is 0 Å². The van der Waals surface area contributed by atoms with Crippen LogP contribution in [0.3, 0.4) is 0 Å². The number of methoxy groups -OCH3 is 1. The van der Waals surface area contributed by atoms with E-state index in [0.29, 0.717) is 11.6 Å². The molecular formula is C14H27NO2. The van der Waals surface area contributed by atoms with E-state index < -0.39 is 0 Å². The summed E-state index contributed by atoms with van der Waals surface area (Å²) in [4.78, 5) is 2.66. The molecule has 0 N–H and O–H groups in total. The number of rotatable bonds is 4. The summed E-state index contributed by atoms with van der Waals surface area (Å²) >= 11 is 0. The molecule has 0 unspecified atom stereocenters. The molecule has 2 saturated heterocycles. The van der Waals surface area contributed by atoms with Crippen molar-refractivity contribution in [3.8, 4) is 0 Å². The van der Waals surface area contributed by atoms with Gasteiger partial charge in [-0.2, -0.15) is 0 Å². The maximum atomic E-state index is 6.06. The summed E-state index contributed by atoms with van der Waals surface area (Å²) in [7, 11) is 1.81. The lowest BCUT2D eigenvalue weighted by Crippen LogP contribution is -2.48. The normalized spacial score (nSPS) is 34.2.